The molecule has 0 heterocycles. The summed E-state index contributed by atoms with van der Waals surface area (Å²) in [5.41, 5.74) is 4.26. The lowest BCUT2D eigenvalue weighted by molar-refractivity contribution is -0.115. The average Bonchev–Trinajstić information content (AvgIpc) is 2.36. The van der Waals surface area contributed by atoms with Crippen LogP contribution in [0.25, 0.3) is 0 Å². The van der Waals surface area contributed by atoms with Crippen LogP contribution in [0.3, 0.4) is 0 Å². The highest BCUT2D eigenvalue weighted by molar-refractivity contribution is 8.00. The topological polar surface area (TPSA) is 69.4 Å². The molecule has 1 aromatic carbocycles. The summed E-state index contributed by atoms with van der Waals surface area (Å²) in [5, 5.41) is -0.0556. The predicted octanol–water partition coefficient (Wildman–Crippen LogP) is 3.86. The molecule has 1 amide bonds. The number of thioether (sulfide) groups is 1. The highest BCUT2D eigenvalue weighted by atomic mass is 35.5. The van der Waals surface area contributed by atoms with Crippen molar-refractivity contribution < 1.29 is 14.3 Å². The maximum absolute atomic E-state index is 11.2. The zero-order chi connectivity index (χ0) is 16.5. The summed E-state index contributed by atoms with van der Waals surface area (Å²) < 4.78 is 4.58. The van der Waals surface area contributed by atoms with E-state index in [4.69, 9.17) is 17.3 Å². The van der Waals surface area contributed by atoms with Crippen molar-refractivity contribution in [3.8, 4) is 0 Å². The smallest absolute Gasteiger partial charge is 0.405 e. The Hall–Kier alpha value is -1.20. The summed E-state index contributed by atoms with van der Waals surface area (Å²) in [6.07, 6.45) is -0.725. The van der Waals surface area contributed by atoms with Gasteiger partial charge in [0.05, 0.1) is 11.1 Å². The molecule has 1 aromatic rings. The van der Waals surface area contributed by atoms with Gasteiger partial charge in [0.25, 0.3) is 0 Å². The van der Waals surface area contributed by atoms with Crippen LogP contribution in [0.1, 0.15) is 27.7 Å². The number of hydrogen-bond acceptors (Lipinski definition) is 4. The fourth-order valence-electron chi connectivity index (χ4n) is 1.18. The minimum atomic E-state index is -0.725. The molecule has 1 unspecified atom stereocenters. The number of carbonyl (C=O) groups excluding carboxylic acids is 2. The summed E-state index contributed by atoms with van der Waals surface area (Å²) in [7, 11) is 0. The molecule has 2 N–H and O–H groups in total. The molecule has 0 aliphatic rings. The largest absolute Gasteiger partial charge is 0.444 e. The SMILES string of the molecule is CC(C)(C)OC(N)=O.CC(Sc1ccccc1)C(=O)CCl. The van der Waals surface area contributed by atoms with E-state index in [1.165, 1.54) is 0 Å². The molecule has 0 saturated carbocycles. The van der Waals surface area contributed by atoms with Gasteiger partial charge in [0.1, 0.15) is 5.60 Å². The van der Waals surface area contributed by atoms with Gasteiger partial charge in [-0.05, 0) is 39.8 Å². The number of carbonyl (C=O) groups is 2. The van der Waals surface area contributed by atoms with E-state index in [0.29, 0.717) is 0 Å². The number of ketones is 1. The molecule has 6 heteroatoms. The molecule has 1 rings (SSSR count). The molecule has 118 valence electrons. The number of hydrogen-bond donors (Lipinski definition) is 1. The van der Waals surface area contributed by atoms with Gasteiger partial charge in [-0.25, -0.2) is 4.79 Å². The Labute approximate surface area is 135 Å². The van der Waals surface area contributed by atoms with Crippen LogP contribution in [0.5, 0.6) is 0 Å². The molecule has 4 nitrogen and oxygen atoms in total. The fraction of sp³-hybridized carbons (Fsp3) is 0.467. The van der Waals surface area contributed by atoms with Crippen molar-refractivity contribution in [1.82, 2.24) is 0 Å². The first-order chi connectivity index (χ1) is 9.65. The molecule has 0 radical (unpaired) electrons. The van der Waals surface area contributed by atoms with Crippen molar-refractivity contribution in [2.24, 2.45) is 5.73 Å². The van der Waals surface area contributed by atoms with Crippen molar-refractivity contribution in [2.45, 2.75) is 43.4 Å². The molecule has 0 aromatic heterocycles. The standard InChI is InChI=1S/C10H11ClOS.C5H11NO2/c1-8(10(12)7-11)13-9-5-3-2-4-6-9;1-5(2,3)8-4(6)7/h2-6,8H,7H2,1H3;1-3H3,(H2,6,7). The van der Waals surface area contributed by atoms with Crippen LogP contribution in [0.4, 0.5) is 4.79 Å². The van der Waals surface area contributed by atoms with Crippen molar-refractivity contribution in [2.75, 3.05) is 5.88 Å². The van der Waals surface area contributed by atoms with Crippen LogP contribution in [-0.4, -0.2) is 28.6 Å². The quantitative estimate of drug-likeness (QED) is 0.672. The van der Waals surface area contributed by atoms with E-state index < -0.39 is 11.7 Å². The minimum absolute atomic E-state index is 0.0556. The van der Waals surface area contributed by atoms with Crippen LogP contribution in [0, 0.1) is 0 Å². The number of alkyl halides is 1. The Morgan fingerprint density at radius 3 is 2.14 bits per heavy atom. The highest BCUT2D eigenvalue weighted by Crippen LogP contribution is 2.23. The number of ether oxygens (including phenoxy) is 1. The van der Waals surface area contributed by atoms with Crippen molar-refractivity contribution >= 4 is 35.2 Å². The van der Waals surface area contributed by atoms with E-state index in [9.17, 15) is 9.59 Å². The molecule has 0 fully saturated rings. The van der Waals surface area contributed by atoms with Crippen LogP contribution in [0.15, 0.2) is 35.2 Å². The van der Waals surface area contributed by atoms with Crippen molar-refractivity contribution in [3.05, 3.63) is 30.3 Å². The lowest BCUT2D eigenvalue weighted by atomic mass is 10.2. The minimum Gasteiger partial charge on any atom is -0.444 e. The summed E-state index contributed by atoms with van der Waals surface area (Å²) in [4.78, 5) is 22.3. The zero-order valence-electron chi connectivity index (χ0n) is 12.8. The number of amides is 1. The maximum Gasteiger partial charge on any atom is 0.405 e. The van der Waals surface area contributed by atoms with Gasteiger partial charge >= 0.3 is 6.09 Å². The van der Waals surface area contributed by atoms with Crippen LogP contribution in [0.2, 0.25) is 0 Å². The third kappa shape index (κ3) is 11.2. The second kappa shape index (κ2) is 9.68. The Balaban J connectivity index is 0.000000433. The van der Waals surface area contributed by atoms with Gasteiger partial charge in [0.15, 0.2) is 5.78 Å². The third-order valence-electron chi connectivity index (χ3n) is 2.05. The first-order valence-corrected chi connectivity index (χ1v) is 7.86. The summed E-state index contributed by atoms with van der Waals surface area (Å²) >= 11 is 6.99. The lowest BCUT2D eigenvalue weighted by Crippen LogP contribution is -2.27. The second-order valence-corrected chi connectivity index (χ2v) is 6.89. The highest BCUT2D eigenvalue weighted by Gasteiger charge is 2.13. The lowest BCUT2D eigenvalue weighted by Gasteiger charge is -2.16. The van der Waals surface area contributed by atoms with E-state index >= 15 is 0 Å². The van der Waals surface area contributed by atoms with Crippen molar-refractivity contribution in [1.29, 1.82) is 0 Å². The Kier molecular flexibility index (Phi) is 9.13. The molecule has 0 bridgehead atoms. The number of primary amides is 1. The summed E-state index contributed by atoms with van der Waals surface area (Å²) in [5.74, 6) is 0.177. The van der Waals surface area contributed by atoms with Crippen LogP contribution < -0.4 is 5.73 Å². The number of halogens is 1. The number of nitrogens with two attached hydrogens (primary N) is 1. The van der Waals surface area contributed by atoms with Gasteiger partial charge < -0.3 is 10.5 Å². The average molecular weight is 332 g/mol. The second-order valence-electron chi connectivity index (χ2n) is 5.21. The third-order valence-corrected chi connectivity index (χ3v) is 3.47. The molecule has 21 heavy (non-hydrogen) atoms. The van der Waals surface area contributed by atoms with Gasteiger partial charge in [0, 0.05) is 4.90 Å². The van der Waals surface area contributed by atoms with Gasteiger partial charge in [-0.2, -0.15) is 0 Å². The summed E-state index contributed by atoms with van der Waals surface area (Å²) in [6.45, 7) is 7.16. The van der Waals surface area contributed by atoms with Gasteiger partial charge in [-0.3, -0.25) is 4.79 Å². The first kappa shape index (κ1) is 19.8. The predicted molar refractivity (Wildman–Crippen MR) is 87.9 cm³/mol. The van der Waals surface area contributed by atoms with Gasteiger partial charge in [-0.1, -0.05) is 18.2 Å². The fourth-order valence-corrected chi connectivity index (χ4v) is 2.44. The maximum atomic E-state index is 11.2. The molecule has 0 spiro atoms. The molecule has 1 atom stereocenters. The normalized spacial score (nSPS) is 11.9. The van der Waals surface area contributed by atoms with E-state index in [-0.39, 0.29) is 16.9 Å². The van der Waals surface area contributed by atoms with E-state index in [1.54, 1.807) is 32.5 Å². The summed E-state index contributed by atoms with van der Waals surface area (Å²) in [6, 6.07) is 9.85. The molecule has 0 saturated heterocycles. The first-order valence-electron chi connectivity index (χ1n) is 6.44. The molecule has 0 aliphatic heterocycles. The zero-order valence-corrected chi connectivity index (χ0v) is 14.3. The monoisotopic (exact) mass is 331 g/mol. The molecular weight excluding hydrogens is 310 g/mol. The van der Waals surface area contributed by atoms with Gasteiger partial charge in [0.2, 0.25) is 0 Å². The number of benzene rings is 1. The Morgan fingerprint density at radius 2 is 1.81 bits per heavy atom. The van der Waals surface area contributed by atoms with Crippen LogP contribution in [-0.2, 0) is 9.53 Å². The van der Waals surface area contributed by atoms with Crippen molar-refractivity contribution in [3.63, 3.8) is 0 Å². The van der Waals surface area contributed by atoms with E-state index in [0.717, 1.165) is 4.90 Å². The Bertz CT molecular complexity index is 446. The molecular formula is C15H22ClNO3S. The van der Waals surface area contributed by atoms with Crippen LogP contribution >= 0.6 is 23.4 Å². The van der Waals surface area contributed by atoms with E-state index in [2.05, 4.69) is 4.74 Å². The van der Waals surface area contributed by atoms with E-state index in [1.807, 2.05) is 37.3 Å². The Morgan fingerprint density at radius 1 is 1.29 bits per heavy atom. The number of rotatable bonds is 4. The number of Topliss-reactive ketones (excluding diaryl/α,β-unsaturated/α-hetero) is 1. The molecule has 0 aliphatic carbocycles. The van der Waals surface area contributed by atoms with Gasteiger partial charge in [-0.15, -0.1) is 23.4 Å².